The Hall–Kier alpha value is -0.830. The lowest BCUT2D eigenvalue weighted by molar-refractivity contribution is 0.318. The zero-order valence-corrected chi connectivity index (χ0v) is 12.0. The van der Waals surface area contributed by atoms with Crippen molar-refractivity contribution in [3.05, 3.63) is 18.2 Å². The van der Waals surface area contributed by atoms with Gasteiger partial charge in [-0.25, -0.2) is 0 Å². The molecule has 0 aromatic heterocycles. The Bertz CT molecular complexity index is 352. The van der Waals surface area contributed by atoms with E-state index in [2.05, 4.69) is 39.8 Å². The summed E-state index contributed by atoms with van der Waals surface area (Å²) in [5.74, 6) is 1.48. The Morgan fingerprint density at radius 2 is 2.00 bits per heavy atom. The predicted molar refractivity (Wildman–Crippen MR) is 76.8 cm³/mol. The van der Waals surface area contributed by atoms with Crippen LogP contribution in [0.15, 0.2) is 23.1 Å². The van der Waals surface area contributed by atoms with Crippen LogP contribution in [0.1, 0.15) is 34.1 Å². The van der Waals surface area contributed by atoms with Crippen LogP contribution in [0.25, 0.3) is 0 Å². The number of hydrogen-bond acceptors (Lipinski definition) is 3. The fourth-order valence-electron chi connectivity index (χ4n) is 1.28. The first-order chi connectivity index (χ1) is 8.04. The summed E-state index contributed by atoms with van der Waals surface area (Å²) in [6.07, 6.45) is 0.999. The van der Waals surface area contributed by atoms with E-state index in [4.69, 9.17) is 10.5 Å². The van der Waals surface area contributed by atoms with E-state index in [-0.39, 0.29) is 0 Å². The van der Waals surface area contributed by atoms with Gasteiger partial charge in [0.15, 0.2) is 0 Å². The number of thioether (sulfide) groups is 1. The fourth-order valence-corrected chi connectivity index (χ4v) is 2.30. The van der Waals surface area contributed by atoms with Gasteiger partial charge in [0.05, 0.1) is 12.3 Å². The van der Waals surface area contributed by atoms with Gasteiger partial charge in [-0.15, -0.1) is 11.8 Å². The first-order valence-corrected chi connectivity index (χ1v) is 7.11. The molecule has 17 heavy (non-hydrogen) atoms. The quantitative estimate of drug-likeness (QED) is 0.610. The van der Waals surface area contributed by atoms with E-state index < -0.39 is 0 Å². The molecule has 0 aliphatic rings. The molecule has 0 heterocycles. The van der Waals surface area contributed by atoms with Crippen LogP contribution in [0.4, 0.5) is 5.69 Å². The van der Waals surface area contributed by atoms with Crippen LogP contribution in [0.3, 0.4) is 0 Å². The Labute approximate surface area is 109 Å². The van der Waals surface area contributed by atoms with Crippen molar-refractivity contribution in [1.82, 2.24) is 0 Å². The van der Waals surface area contributed by atoms with Crippen LogP contribution < -0.4 is 10.5 Å². The SMILES string of the molecule is CCCOc1cc(SC(C)C(C)C)ccc1N. The van der Waals surface area contributed by atoms with Crippen molar-refractivity contribution in [2.24, 2.45) is 5.92 Å². The van der Waals surface area contributed by atoms with E-state index in [0.29, 0.717) is 11.2 Å². The van der Waals surface area contributed by atoms with Crippen LogP contribution in [0.2, 0.25) is 0 Å². The fraction of sp³-hybridized carbons (Fsp3) is 0.571. The molecule has 0 saturated carbocycles. The molecule has 0 bridgehead atoms. The molecule has 0 aliphatic heterocycles. The molecule has 0 radical (unpaired) electrons. The molecule has 96 valence electrons. The molecule has 1 unspecified atom stereocenters. The molecule has 0 aliphatic carbocycles. The number of nitrogen functional groups attached to an aromatic ring is 1. The minimum atomic E-state index is 0.595. The van der Waals surface area contributed by atoms with Crippen molar-refractivity contribution in [3.63, 3.8) is 0 Å². The van der Waals surface area contributed by atoms with Gasteiger partial charge in [-0.05, 0) is 30.5 Å². The maximum absolute atomic E-state index is 5.89. The summed E-state index contributed by atoms with van der Waals surface area (Å²) in [6, 6.07) is 6.05. The lowest BCUT2D eigenvalue weighted by Crippen LogP contribution is -2.05. The van der Waals surface area contributed by atoms with Crippen LogP contribution in [0.5, 0.6) is 5.75 Å². The number of benzene rings is 1. The molecule has 0 spiro atoms. The van der Waals surface area contributed by atoms with Gasteiger partial charge in [-0.2, -0.15) is 0 Å². The largest absolute Gasteiger partial charge is 0.491 e. The maximum Gasteiger partial charge on any atom is 0.143 e. The number of rotatable bonds is 6. The van der Waals surface area contributed by atoms with Gasteiger partial charge in [0.25, 0.3) is 0 Å². The molecular formula is C14H23NOS. The summed E-state index contributed by atoms with van der Waals surface area (Å²) in [6.45, 7) is 9.54. The van der Waals surface area contributed by atoms with Crippen molar-refractivity contribution < 1.29 is 4.74 Å². The summed E-state index contributed by atoms with van der Waals surface area (Å²) >= 11 is 1.87. The average molecular weight is 253 g/mol. The van der Waals surface area contributed by atoms with Crippen LogP contribution in [-0.2, 0) is 0 Å². The zero-order chi connectivity index (χ0) is 12.8. The van der Waals surface area contributed by atoms with Crippen LogP contribution >= 0.6 is 11.8 Å². The minimum absolute atomic E-state index is 0.595. The van der Waals surface area contributed by atoms with Crippen LogP contribution in [-0.4, -0.2) is 11.9 Å². The minimum Gasteiger partial charge on any atom is -0.491 e. The van der Waals surface area contributed by atoms with Crippen molar-refractivity contribution in [3.8, 4) is 5.75 Å². The number of hydrogen-bond donors (Lipinski definition) is 1. The Morgan fingerprint density at radius 3 is 2.59 bits per heavy atom. The summed E-state index contributed by atoms with van der Waals surface area (Å²) < 4.78 is 5.63. The Balaban J connectivity index is 2.74. The molecule has 1 atom stereocenters. The standard InChI is InChI=1S/C14H23NOS/c1-5-8-16-14-9-12(6-7-13(14)15)17-11(4)10(2)3/h6-7,9-11H,5,8,15H2,1-4H3. The third-order valence-electron chi connectivity index (χ3n) is 2.71. The highest BCUT2D eigenvalue weighted by molar-refractivity contribution is 8.00. The molecule has 2 nitrogen and oxygen atoms in total. The monoisotopic (exact) mass is 253 g/mol. The normalized spacial score (nSPS) is 12.8. The summed E-state index contributed by atoms with van der Waals surface area (Å²) in [4.78, 5) is 1.23. The van der Waals surface area contributed by atoms with Crippen LogP contribution in [0, 0.1) is 5.92 Å². The molecule has 1 aromatic rings. The first kappa shape index (κ1) is 14.2. The van der Waals surface area contributed by atoms with E-state index in [1.165, 1.54) is 4.90 Å². The Morgan fingerprint density at radius 1 is 1.29 bits per heavy atom. The molecule has 0 fully saturated rings. The van der Waals surface area contributed by atoms with Gasteiger partial charge in [0, 0.05) is 10.1 Å². The third kappa shape index (κ3) is 4.50. The third-order valence-corrected chi connectivity index (χ3v) is 4.15. The number of ether oxygens (including phenoxy) is 1. The zero-order valence-electron chi connectivity index (χ0n) is 11.2. The van der Waals surface area contributed by atoms with E-state index in [0.717, 1.165) is 24.5 Å². The van der Waals surface area contributed by atoms with Gasteiger partial charge in [0.2, 0.25) is 0 Å². The molecule has 1 aromatic carbocycles. The lowest BCUT2D eigenvalue weighted by atomic mass is 10.2. The summed E-state index contributed by atoms with van der Waals surface area (Å²) in [5, 5.41) is 0.595. The van der Waals surface area contributed by atoms with E-state index in [9.17, 15) is 0 Å². The average Bonchev–Trinajstić information content (AvgIpc) is 2.29. The van der Waals surface area contributed by atoms with E-state index >= 15 is 0 Å². The summed E-state index contributed by atoms with van der Waals surface area (Å²) in [5.41, 5.74) is 6.61. The summed E-state index contributed by atoms with van der Waals surface area (Å²) in [7, 11) is 0. The van der Waals surface area contributed by atoms with E-state index in [1.54, 1.807) is 0 Å². The van der Waals surface area contributed by atoms with Gasteiger partial charge in [0.1, 0.15) is 5.75 Å². The highest BCUT2D eigenvalue weighted by Gasteiger charge is 2.10. The molecule has 3 heteroatoms. The van der Waals surface area contributed by atoms with Crippen molar-refractivity contribution in [1.29, 1.82) is 0 Å². The molecule has 2 N–H and O–H groups in total. The van der Waals surface area contributed by atoms with Crippen molar-refractivity contribution in [2.75, 3.05) is 12.3 Å². The second kappa shape index (κ2) is 6.80. The topological polar surface area (TPSA) is 35.2 Å². The highest BCUT2D eigenvalue weighted by atomic mass is 32.2. The van der Waals surface area contributed by atoms with Gasteiger partial charge in [-0.1, -0.05) is 27.7 Å². The van der Waals surface area contributed by atoms with Crippen molar-refractivity contribution in [2.45, 2.75) is 44.3 Å². The van der Waals surface area contributed by atoms with Gasteiger partial charge in [-0.3, -0.25) is 0 Å². The smallest absolute Gasteiger partial charge is 0.143 e. The molecule has 0 saturated heterocycles. The molecule has 0 amide bonds. The molecule has 1 rings (SSSR count). The number of nitrogens with two attached hydrogens (primary N) is 1. The predicted octanol–water partition coefficient (Wildman–Crippen LogP) is 4.19. The highest BCUT2D eigenvalue weighted by Crippen LogP contribution is 2.32. The van der Waals surface area contributed by atoms with Gasteiger partial charge < -0.3 is 10.5 Å². The van der Waals surface area contributed by atoms with Gasteiger partial charge >= 0.3 is 0 Å². The Kier molecular flexibility index (Phi) is 5.69. The lowest BCUT2D eigenvalue weighted by Gasteiger charge is -2.16. The van der Waals surface area contributed by atoms with E-state index in [1.807, 2.05) is 17.8 Å². The number of anilines is 1. The van der Waals surface area contributed by atoms with Crippen molar-refractivity contribution >= 4 is 17.4 Å². The first-order valence-electron chi connectivity index (χ1n) is 6.23. The second-order valence-corrected chi connectivity index (χ2v) is 6.07. The maximum atomic E-state index is 5.89. The molecular weight excluding hydrogens is 230 g/mol. The second-order valence-electron chi connectivity index (χ2n) is 4.62.